The van der Waals surface area contributed by atoms with Crippen molar-refractivity contribution in [1.82, 2.24) is 9.97 Å². The van der Waals surface area contributed by atoms with Gasteiger partial charge in [0, 0.05) is 12.4 Å². The van der Waals surface area contributed by atoms with Gasteiger partial charge in [0.2, 0.25) is 0 Å². The largest absolute Gasteiger partial charge is 0.358 e. The van der Waals surface area contributed by atoms with Crippen LogP contribution >= 0.6 is 0 Å². The molecule has 2 aliphatic rings. The second-order valence-electron chi connectivity index (χ2n) is 2.42. The monoisotopic (exact) mass is 132 g/mol. The Morgan fingerprint density at radius 2 is 2.30 bits per heavy atom. The predicted octanol–water partition coefficient (Wildman–Crippen LogP) is 1.82. The van der Waals surface area contributed by atoms with E-state index in [1.807, 2.05) is 6.20 Å². The molecule has 0 saturated carbocycles. The van der Waals surface area contributed by atoms with E-state index >= 15 is 0 Å². The summed E-state index contributed by atoms with van der Waals surface area (Å²) in [5.41, 5.74) is 3.41. The molecule has 0 aromatic carbocycles. The van der Waals surface area contributed by atoms with E-state index in [2.05, 4.69) is 29.0 Å². The maximum absolute atomic E-state index is 4.17. The molecule has 1 heterocycles. The first-order valence-corrected chi connectivity index (χ1v) is 3.26. The van der Waals surface area contributed by atoms with Crippen LogP contribution in [0.25, 0.3) is 11.4 Å². The van der Waals surface area contributed by atoms with Crippen LogP contribution in [0.15, 0.2) is 24.5 Å². The van der Waals surface area contributed by atoms with E-state index in [-0.39, 0.29) is 0 Å². The Labute approximate surface area is 59.3 Å². The van der Waals surface area contributed by atoms with Crippen molar-refractivity contribution >= 4 is 0 Å². The van der Waals surface area contributed by atoms with Gasteiger partial charge in [0.05, 0.1) is 11.4 Å². The average molecular weight is 132 g/mol. The van der Waals surface area contributed by atoms with Gasteiger partial charge in [0.1, 0.15) is 0 Å². The third kappa shape index (κ3) is 0.692. The molecular formula is C8H8N2. The molecule has 0 bridgehead atoms. The summed E-state index contributed by atoms with van der Waals surface area (Å²) < 4.78 is 0. The maximum Gasteiger partial charge on any atom is 0.0867 e. The normalized spacial score (nSPS) is 10.5. The van der Waals surface area contributed by atoms with Gasteiger partial charge in [-0.1, -0.05) is 0 Å². The first-order valence-electron chi connectivity index (χ1n) is 3.26. The molecule has 2 rings (SSSR count). The number of aryl methyl sites for hydroxylation is 1. The average Bonchev–Trinajstić information content (AvgIpc) is 2.27. The molecule has 0 spiro atoms. The molecule has 1 N–H and O–H groups in total. The molecule has 2 nitrogen and oxygen atoms in total. The van der Waals surface area contributed by atoms with Crippen LogP contribution in [0, 0.1) is 6.92 Å². The van der Waals surface area contributed by atoms with Crippen LogP contribution in [0.2, 0.25) is 0 Å². The fraction of sp³-hybridized carbons (Fsp3) is 0.125. The second kappa shape index (κ2) is 1.84. The number of fused-ring (bicyclic) bond motifs is 1. The first-order chi connectivity index (χ1) is 4.86. The van der Waals surface area contributed by atoms with E-state index < -0.39 is 0 Å². The molecule has 2 heteroatoms. The van der Waals surface area contributed by atoms with Crippen LogP contribution < -0.4 is 0 Å². The first kappa shape index (κ1) is 5.47. The van der Waals surface area contributed by atoms with Gasteiger partial charge in [0.15, 0.2) is 0 Å². The van der Waals surface area contributed by atoms with Crippen molar-refractivity contribution in [3.8, 4) is 11.4 Å². The van der Waals surface area contributed by atoms with Crippen LogP contribution in [0.1, 0.15) is 5.56 Å². The Morgan fingerprint density at radius 3 is 3.10 bits per heavy atom. The van der Waals surface area contributed by atoms with Gasteiger partial charge >= 0.3 is 0 Å². The molecule has 1 aliphatic carbocycles. The Bertz CT molecular complexity index is 281. The number of rotatable bonds is 0. The summed E-state index contributed by atoms with van der Waals surface area (Å²) in [5, 5.41) is 0. The lowest BCUT2D eigenvalue weighted by Gasteiger charge is -1.92. The predicted molar refractivity (Wildman–Crippen MR) is 39.9 cm³/mol. The molecule has 0 radical (unpaired) electrons. The number of H-pyrrole nitrogens is 1. The van der Waals surface area contributed by atoms with Gasteiger partial charge in [-0.15, -0.1) is 0 Å². The van der Waals surface area contributed by atoms with Crippen LogP contribution in [-0.2, 0) is 0 Å². The second-order valence-corrected chi connectivity index (χ2v) is 2.42. The van der Waals surface area contributed by atoms with Crippen LogP contribution in [0.5, 0.6) is 0 Å². The molecule has 0 saturated heterocycles. The molecule has 0 atom stereocenters. The summed E-state index contributed by atoms with van der Waals surface area (Å²) in [5.74, 6) is 0. The SMILES string of the molecule is Cc1cc2ncc[nH]c-2c1. The Hall–Kier alpha value is -1.31. The lowest BCUT2D eigenvalue weighted by Crippen LogP contribution is -1.81. The van der Waals surface area contributed by atoms with Gasteiger partial charge < -0.3 is 4.98 Å². The minimum atomic E-state index is 1.04. The number of hydrogen-bond acceptors (Lipinski definition) is 1. The zero-order valence-electron chi connectivity index (χ0n) is 5.76. The fourth-order valence-corrected chi connectivity index (χ4v) is 1.10. The minimum Gasteiger partial charge on any atom is -0.358 e. The smallest absolute Gasteiger partial charge is 0.0867 e. The molecule has 0 unspecified atom stereocenters. The van der Waals surface area contributed by atoms with Crippen LogP contribution in [0.4, 0.5) is 0 Å². The third-order valence-corrected chi connectivity index (χ3v) is 1.54. The van der Waals surface area contributed by atoms with Crippen molar-refractivity contribution in [2.24, 2.45) is 0 Å². The van der Waals surface area contributed by atoms with E-state index in [1.165, 1.54) is 5.56 Å². The lowest BCUT2D eigenvalue weighted by atomic mass is 10.4. The number of nitrogens with zero attached hydrogens (tertiary/aromatic N) is 1. The third-order valence-electron chi connectivity index (χ3n) is 1.54. The van der Waals surface area contributed by atoms with Crippen molar-refractivity contribution < 1.29 is 0 Å². The summed E-state index contributed by atoms with van der Waals surface area (Å²) in [4.78, 5) is 7.28. The minimum absolute atomic E-state index is 1.04. The number of aromatic nitrogens is 2. The van der Waals surface area contributed by atoms with E-state index in [1.54, 1.807) is 6.20 Å². The zero-order chi connectivity index (χ0) is 6.97. The van der Waals surface area contributed by atoms with Crippen molar-refractivity contribution in [3.05, 3.63) is 30.1 Å². The fourth-order valence-electron chi connectivity index (χ4n) is 1.10. The van der Waals surface area contributed by atoms with E-state index in [4.69, 9.17) is 0 Å². The van der Waals surface area contributed by atoms with Gasteiger partial charge in [-0.2, -0.15) is 0 Å². The number of aromatic amines is 1. The lowest BCUT2D eigenvalue weighted by molar-refractivity contribution is 1.21. The topological polar surface area (TPSA) is 28.7 Å². The Kier molecular flexibility index (Phi) is 1.01. The molecular weight excluding hydrogens is 124 g/mol. The van der Waals surface area contributed by atoms with Crippen molar-refractivity contribution in [2.75, 3.05) is 0 Å². The van der Waals surface area contributed by atoms with E-state index in [0.29, 0.717) is 0 Å². The summed E-state index contributed by atoms with van der Waals surface area (Å²) >= 11 is 0. The summed E-state index contributed by atoms with van der Waals surface area (Å²) in [6, 6.07) is 4.15. The number of hydrogen-bond donors (Lipinski definition) is 1. The highest BCUT2D eigenvalue weighted by molar-refractivity contribution is 5.59. The standard InChI is InChI=1S/C8H8N2/c1-6-4-7-8(5-6)10-3-2-9-7/h2-5,9H,1H3. The van der Waals surface area contributed by atoms with Gasteiger partial charge in [-0.3, -0.25) is 4.98 Å². The summed E-state index contributed by atoms with van der Waals surface area (Å²) in [6.45, 7) is 2.06. The summed E-state index contributed by atoms with van der Waals surface area (Å²) in [7, 11) is 0. The van der Waals surface area contributed by atoms with Crippen LogP contribution in [-0.4, -0.2) is 9.97 Å². The molecule has 0 fully saturated rings. The van der Waals surface area contributed by atoms with Crippen molar-refractivity contribution in [3.63, 3.8) is 0 Å². The van der Waals surface area contributed by atoms with Crippen LogP contribution in [0.3, 0.4) is 0 Å². The molecule has 0 amide bonds. The molecule has 0 aromatic rings. The highest BCUT2D eigenvalue weighted by atomic mass is 14.8. The Morgan fingerprint density at radius 1 is 1.40 bits per heavy atom. The van der Waals surface area contributed by atoms with E-state index in [0.717, 1.165) is 11.4 Å². The molecule has 50 valence electrons. The quantitative estimate of drug-likeness (QED) is 0.582. The van der Waals surface area contributed by atoms with Crippen molar-refractivity contribution in [1.29, 1.82) is 0 Å². The van der Waals surface area contributed by atoms with Gasteiger partial charge in [-0.25, -0.2) is 0 Å². The molecule has 0 aromatic heterocycles. The van der Waals surface area contributed by atoms with Gasteiger partial charge in [-0.05, 0) is 24.6 Å². The van der Waals surface area contributed by atoms with Crippen molar-refractivity contribution in [2.45, 2.75) is 6.92 Å². The Balaban J connectivity index is 2.76. The highest BCUT2D eigenvalue weighted by Crippen LogP contribution is 2.19. The highest BCUT2D eigenvalue weighted by Gasteiger charge is 2.02. The maximum atomic E-state index is 4.17. The molecule has 10 heavy (non-hydrogen) atoms. The van der Waals surface area contributed by atoms with E-state index in [9.17, 15) is 0 Å². The molecule has 1 aliphatic heterocycles. The zero-order valence-corrected chi connectivity index (χ0v) is 5.76. The summed E-state index contributed by atoms with van der Waals surface area (Å²) in [6.07, 6.45) is 3.60. The number of nitrogens with one attached hydrogen (secondary N) is 1. The van der Waals surface area contributed by atoms with Gasteiger partial charge in [0.25, 0.3) is 0 Å².